The Bertz CT molecular complexity index is 408. The molecule has 0 aliphatic heterocycles. The molecule has 1 atom stereocenters. The molecule has 5 heteroatoms. The number of hydrogen-bond acceptors (Lipinski definition) is 3. The molecule has 4 N–H and O–H groups in total. The highest BCUT2D eigenvalue weighted by atomic mass is 79.9. The summed E-state index contributed by atoms with van der Waals surface area (Å²) in [6, 6.07) is 5.73. The fourth-order valence-corrected chi connectivity index (χ4v) is 1.93. The lowest BCUT2D eigenvalue weighted by molar-refractivity contribution is -0.118. The highest BCUT2D eigenvalue weighted by molar-refractivity contribution is 9.10. The summed E-state index contributed by atoms with van der Waals surface area (Å²) in [7, 11) is 0. The number of amides is 1. The Labute approximate surface area is 116 Å². The predicted molar refractivity (Wildman–Crippen MR) is 75.3 cm³/mol. The molecule has 0 aliphatic carbocycles. The molecule has 0 aromatic heterocycles. The second-order valence-electron chi connectivity index (χ2n) is 4.24. The molecule has 1 aromatic carbocycles. The fourth-order valence-electron chi connectivity index (χ4n) is 1.59. The van der Waals surface area contributed by atoms with Gasteiger partial charge in [-0.2, -0.15) is 0 Å². The summed E-state index contributed by atoms with van der Waals surface area (Å²) in [6.45, 7) is 2.48. The van der Waals surface area contributed by atoms with E-state index in [1.807, 2.05) is 25.1 Å². The zero-order valence-corrected chi connectivity index (χ0v) is 12.1. The summed E-state index contributed by atoms with van der Waals surface area (Å²) in [6.07, 6.45) is 1.95. The number of unbranched alkanes of at least 4 members (excludes halogenated alkanes) is 1. The van der Waals surface area contributed by atoms with Gasteiger partial charge in [-0.25, -0.2) is 0 Å². The van der Waals surface area contributed by atoms with Crippen LogP contribution in [0.15, 0.2) is 22.7 Å². The number of hydrogen-bond donors (Lipinski definition) is 2. The average Bonchev–Trinajstić information content (AvgIpc) is 2.27. The van der Waals surface area contributed by atoms with E-state index in [0.29, 0.717) is 13.0 Å². The molecule has 1 unspecified atom stereocenters. The molecule has 1 aromatic rings. The van der Waals surface area contributed by atoms with Gasteiger partial charge in [-0.15, -0.1) is 0 Å². The van der Waals surface area contributed by atoms with Crippen molar-refractivity contribution in [2.45, 2.75) is 32.2 Å². The molecular formula is C13H19BrN2O2. The van der Waals surface area contributed by atoms with Gasteiger partial charge in [0.1, 0.15) is 5.75 Å². The largest absolute Gasteiger partial charge is 0.493 e. The first-order chi connectivity index (χ1) is 8.50. The molecule has 4 nitrogen and oxygen atoms in total. The third kappa shape index (κ3) is 5.06. The van der Waals surface area contributed by atoms with Gasteiger partial charge in [0, 0.05) is 22.5 Å². The Kier molecular flexibility index (Phi) is 6.15. The molecule has 0 bridgehead atoms. The zero-order valence-electron chi connectivity index (χ0n) is 10.5. The van der Waals surface area contributed by atoms with Crippen LogP contribution < -0.4 is 16.2 Å². The number of rotatable bonds is 7. The van der Waals surface area contributed by atoms with E-state index < -0.39 is 0 Å². The van der Waals surface area contributed by atoms with Crippen molar-refractivity contribution in [3.63, 3.8) is 0 Å². The number of primary amides is 1. The van der Waals surface area contributed by atoms with E-state index in [1.54, 1.807) is 0 Å². The highest BCUT2D eigenvalue weighted by Crippen LogP contribution is 2.27. The molecule has 1 amide bonds. The van der Waals surface area contributed by atoms with Crippen molar-refractivity contribution in [3.05, 3.63) is 28.2 Å². The lowest BCUT2D eigenvalue weighted by Gasteiger charge is -2.14. The second-order valence-corrected chi connectivity index (χ2v) is 5.16. The first-order valence-electron chi connectivity index (χ1n) is 5.97. The quantitative estimate of drug-likeness (QED) is 0.759. The third-order valence-corrected chi connectivity index (χ3v) is 3.03. The highest BCUT2D eigenvalue weighted by Gasteiger charge is 2.08. The maximum Gasteiger partial charge on any atom is 0.217 e. The minimum absolute atomic E-state index is 0.0706. The van der Waals surface area contributed by atoms with E-state index in [0.717, 1.165) is 28.6 Å². The Morgan fingerprint density at radius 1 is 1.44 bits per heavy atom. The Balaban J connectivity index is 2.50. The first kappa shape index (κ1) is 15.0. The van der Waals surface area contributed by atoms with Crippen molar-refractivity contribution >= 4 is 21.8 Å². The van der Waals surface area contributed by atoms with E-state index in [-0.39, 0.29) is 11.9 Å². The number of halogens is 1. The maximum absolute atomic E-state index is 10.6. The Morgan fingerprint density at radius 3 is 2.78 bits per heavy atom. The van der Waals surface area contributed by atoms with Crippen molar-refractivity contribution in [3.8, 4) is 5.75 Å². The lowest BCUT2D eigenvalue weighted by atomic mass is 10.1. The van der Waals surface area contributed by atoms with Crippen LogP contribution in [-0.4, -0.2) is 12.5 Å². The van der Waals surface area contributed by atoms with Crippen LogP contribution in [0.1, 0.15) is 37.8 Å². The summed E-state index contributed by atoms with van der Waals surface area (Å²) in [5.74, 6) is 0.521. The van der Waals surface area contributed by atoms with Crippen molar-refractivity contribution in [2.24, 2.45) is 11.5 Å². The minimum Gasteiger partial charge on any atom is -0.493 e. The fraction of sp³-hybridized carbons (Fsp3) is 0.462. The molecule has 100 valence electrons. The topological polar surface area (TPSA) is 78.3 Å². The van der Waals surface area contributed by atoms with Crippen LogP contribution in [0.4, 0.5) is 0 Å². The molecule has 0 saturated heterocycles. The van der Waals surface area contributed by atoms with E-state index in [4.69, 9.17) is 16.2 Å². The molecule has 0 radical (unpaired) electrons. The first-order valence-corrected chi connectivity index (χ1v) is 6.76. The average molecular weight is 315 g/mol. The van der Waals surface area contributed by atoms with E-state index >= 15 is 0 Å². The van der Waals surface area contributed by atoms with Gasteiger partial charge in [-0.3, -0.25) is 4.79 Å². The smallest absolute Gasteiger partial charge is 0.217 e. The van der Waals surface area contributed by atoms with Crippen molar-refractivity contribution < 1.29 is 9.53 Å². The molecular weight excluding hydrogens is 296 g/mol. The molecule has 0 fully saturated rings. The van der Waals surface area contributed by atoms with Gasteiger partial charge in [0.05, 0.1) is 6.61 Å². The number of carbonyl (C=O) groups is 1. The van der Waals surface area contributed by atoms with Crippen LogP contribution in [0, 0.1) is 0 Å². The Hall–Kier alpha value is -1.07. The molecule has 0 spiro atoms. The summed E-state index contributed by atoms with van der Waals surface area (Å²) in [5, 5.41) is 0. The Morgan fingerprint density at radius 2 is 2.17 bits per heavy atom. The van der Waals surface area contributed by atoms with Crippen LogP contribution in [0.5, 0.6) is 5.75 Å². The summed E-state index contributed by atoms with van der Waals surface area (Å²) in [5.41, 5.74) is 11.9. The van der Waals surface area contributed by atoms with Gasteiger partial charge in [-0.05, 0) is 31.9 Å². The van der Waals surface area contributed by atoms with Gasteiger partial charge in [0.2, 0.25) is 5.91 Å². The molecule has 0 heterocycles. The minimum atomic E-state index is -0.270. The van der Waals surface area contributed by atoms with Crippen LogP contribution in [-0.2, 0) is 4.79 Å². The van der Waals surface area contributed by atoms with Crippen LogP contribution in [0.25, 0.3) is 0 Å². The van der Waals surface area contributed by atoms with Crippen LogP contribution in [0.3, 0.4) is 0 Å². The van der Waals surface area contributed by atoms with Gasteiger partial charge in [0.15, 0.2) is 0 Å². The third-order valence-electron chi connectivity index (χ3n) is 2.54. The summed E-state index contributed by atoms with van der Waals surface area (Å²) in [4.78, 5) is 10.6. The van der Waals surface area contributed by atoms with E-state index in [9.17, 15) is 4.79 Å². The maximum atomic E-state index is 10.6. The SMILES string of the molecule is CC(N)c1ccc(Br)cc1OCCCCC(N)=O. The van der Waals surface area contributed by atoms with Gasteiger partial charge in [0.25, 0.3) is 0 Å². The van der Waals surface area contributed by atoms with Crippen molar-refractivity contribution in [2.75, 3.05) is 6.61 Å². The number of carbonyl (C=O) groups excluding carboxylic acids is 1. The standard InChI is InChI=1S/C13H19BrN2O2/c1-9(15)11-6-5-10(14)8-12(11)18-7-3-2-4-13(16)17/h5-6,8-9H,2-4,7,15H2,1H3,(H2,16,17). The van der Waals surface area contributed by atoms with Gasteiger partial charge >= 0.3 is 0 Å². The van der Waals surface area contributed by atoms with E-state index in [1.165, 1.54) is 0 Å². The molecule has 0 saturated carbocycles. The lowest BCUT2D eigenvalue weighted by Crippen LogP contribution is -2.11. The summed E-state index contributed by atoms with van der Waals surface area (Å²) >= 11 is 3.41. The predicted octanol–water partition coefficient (Wildman–Crippen LogP) is 2.50. The van der Waals surface area contributed by atoms with Crippen LogP contribution in [0.2, 0.25) is 0 Å². The van der Waals surface area contributed by atoms with E-state index in [2.05, 4.69) is 15.9 Å². The van der Waals surface area contributed by atoms with Crippen molar-refractivity contribution in [1.29, 1.82) is 0 Å². The normalized spacial score (nSPS) is 12.2. The second kappa shape index (κ2) is 7.38. The molecule has 0 aliphatic rings. The number of nitrogens with two attached hydrogens (primary N) is 2. The van der Waals surface area contributed by atoms with Crippen molar-refractivity contribution in [1.82, 2.24) is 0 Å². The van der Waals surface area contributed by atoms with Gasteiger partial charge < -0.3 is 16.2 Å². The van der Waals surface area contributed by atoms with Gasteiger partial charge in [-0.1, -0.05) is 22.0 Å². The molecule has 18 heavy (non-hydrogen) atoms. The number of ether oxygens (including phenoxy) is 1. The number of benzene rings is 1. The molecule has 1 rings (SSSR count). The zero-order chi connectivity index (χ0) is 13.5. The van der Waals surface area contributed by atoms with Crippen LogP contribution >= 0.6 is 15.9 Å². The summed E-state index contributed by atoms with van der Waals surface area (Å²) < 4.78 is 6.66. The monoisotopic (exact) mass is 314 g/mol.